The van der Waals surface area contributed by atoms with E-state index in [4.69, 9.17) is 9.47 Å². The lowest BCUT2D eigenvalue weighted by molar-refractivity contribution is -0.385. The van der Waals surface area contributed by atoms with Crippen molar-refractivity contribution in [3.8, 4) is 11.5 Å². The first-order chi connectivity index (χ1) is 14.4. The van der Waals surface area contributed by atoms with E-state index in [0.717, 1.165) is 5.56 Å². The lowest BCUT2D eigenvalue weighted by Crippen LogP contribution is -2.58. The summed E-state index contributed by atoms with van der Waals surface area (Å²) in [6.45, 7) is 8.58. The van der Waals surface area contributed by atoms with Crippen LogP contribution in [0.3, 0.4) is 0 Å². The minimum Gasteiger partial charge on any atom is -0.450 e. The molecule has 0 bridgehead atoms. The van der Waals surface area contributed by atoms with Crippen molar-refractivity contribution in [2.45, 2.75) is 58.2 Å². The molecule has 1 aliphatic rings. The average molecular weight is 490 g/mol. The molecule has 0 N–H and O–H groups in total. The zero-order valence-corrected chi connectivity index (χ0v) is 19.6. The first kappa shape index (κ1) is 23.1. The topological polar surface area (TPSA) is 95.7 Å². The number of hydrogen-bond donors (Lipinski definition) is 0. The Hall–Kier alpha value is -2.58. The molecule has 1 heterocycles. The maximum atomic E-state index is 13.2. The van der Waals surface area contributed by atoms with Gasteiger partial charge in [-0.15, -0.1) is 0 Å². The van der Waals surface area contributed by atoms with Gasteiger partial charge in [-0.25, -0.2) is 0 Å². The smallest absolute Gasteiger partial charge is 0.312 e. The number of hydrogen-bond acceptors (Lipinski definition) is 6. The molecular formula is C23H24BrNO6. The summed E-state index contributed by atoms with van der Waals surface area (Å²) < 4.78 is 12.1. The third kappa shape index (κ3) is 4.41. The van der Waals surface area contributed by atoms with Gasteiger partial charge in [0.1, 0.15) is 22.9 Å². The van der Waals surface area contributed by atoms with E-state index in [1.54, 1.807) is 52.0 Å². The molecule has 1 fully saturated rings. The number of benzene rings is 2. The van der Waals surface area contributed by atoms with Crippen LogP contribution in [0.25, 0.3) is 0 Å². The highest BCUT2D eigenvalue weighted by Gasteiger charge is 2.53. The second kappa shape index (κ2) is 8.16. The molecule has 31 heavy (non-hydrogen) atoms. The van der Waals surface area contributed by atoms with Gasteiger partial charge in [-0.2, -0.15) is 0 Å². The molecule has 0 unspecified atom stereocenters. The van der Waals surface area contributed by atoms with Crippen molar-refractivity contribution < 1.29 is 24.0 Å². The van der Waals surface area contributed by atoms with E-state index < -0.39 is 22.0 Å². The first-order valence-corrected chi connectivity index (χ1v) is 10.7. The zero-order chi connectivity index (χ0) is 23.1. The van der Waals surface area contributed by atoms with Gasteiger partial charge in [0, 0.05) is 10.5 Å². The van der Waals surface area contributed by atoms with Crippen LogP contribution >= 0.6 is 15.9 Å². The van der Waals surface area contributed by atoms with Gasteiger partial charge in [0.25, 0.3) is 0 Å². The predicted octanol–water partition coefficient (Wildman–Crippen LogP) is 5.52. The summed E-state index contributed by atoms with van der Waals surface area (Å²) in [5.41, 5.74) is -1.09. The maximum Gasteiger partial charge on any atom is 0.312 e. The van der Waals surface area contributed by atoms with Crippen molar-refractivity contribution in [3.63, 3.8) is 0 Å². The van der Waals surface area contributed by atoms with Crippen LogP contribution in [0, 0.1) is 10.1 Å². The second-order valence-corrected chi connectivity index (χ2v) is 9.39. The minimum atomic E-state index is -1.13. The van der Waals surface area contributed by atoms with Crippen molar-refractivity contribution in [1.29, 1.82) is 0 Å². The zero-order valence-electron chi connectivity index (χ0n) is 18.0. The highest BCUT2D eigenvalue weighted by molar-refractivity contribution is 9.10. The fraction of sp³-hybridized carbons (Fsp3) is 0.391. The van der Waals surface area contributed by atoms with Crippen LogP contribution in [-0.2, 0) is 20.7 Å². The van der Waals surface area contributed by atoms with Crippen molar-refractivity contribution in [2.75, 3.05) is 0 Å². The Kier molecular flexibility index (Phi) is 6.08. The van der Waals surface area contributed by atoms with Crippen LogP contribution in [0.2, 0.25) is 0 Å². The van der Waals surface area contributed by atoms with E-state index in [0.29, 0.717) is 22.2 Å². The number of nitro groups is 1. The molecule has 1 saturated heterocycles. The third-order valence-electron chi connectivity index (χ3n) is 5.38. The summed E-state index contributed by atoms with van der Waals surface area (Å²) in [6.07, 6.45) is 0.604. The number of carbonyl (C=O) groups excluding carboxylic acids is 2. The Morgan fingerprint density at radius 3 is 2.23 bits per heavy atom. The lowest BCUT2D eigenvalue weighted by atomic mass is 9.73. The van der Waals surface area contributed by atoms with Crippen molar-refractivity contribution in [1.82, 2.24) is 0 Å². The van der Waals surface area contributed by atoms with Crippen LogP contribution < -0.4 is 4.74 Å². The lowest BCUT2D eigenvalue weighted by Gasteiger charge is -2.43. The van der Waals surface area contributed by atoms with Gasteiger partial charge >= 0.3 is 5.69 Å². The molecule has 0 aliphatic carbocycles. The second-order valence-electron chi connectivity index (χ2n) is 8.47. The highest BCUT2D eigenvalue weighted by Crippen LogP contribution is 2.41. The summed E-state index contributed by atoms with van der Waals surface area (Å²) in [5, 5.41) is 11.4. The molecule has 0 spiro atoms. The standard InChI is InChI=1S/C23H24BrNO6/c1-6-13-7-9-15(30-18-10-8-14(24)11-17(18)25(28)29)12-16(13)19-20(26)22(2,3)31-23(4,5)21(19)27/h7-12,19H,6H2,1-5H3. The minimum absolute atomic E-state index is 0.0636. The molecule has 7 nitrogen and oxygen atoms in total. The summed E-state index contributed by atoms with van der Waals surface area (Å²) >= 11 is 3.22. The third-order valence-corrected chi connectivity index (χ3v) is 5.87. The quantitative estimate of drug-likeness (QED) is 0.311. The largest absolute Gasteiger partial charge is 0.450 e. The fourth-order valence-corrected chi connectivity index (χ4v) is 4.26. The molecule has 0 amide bonds. The molecule has 0 saturated carbocycles. The van der Waals surface area contributed by atoms with Gasteiger partial charge in [0.15, 0.2) is 11.6 Å². The average Bonchev–Trinajstić information content (AvgIpc) is 2.67. The fourth-order valence-electron chi connectivity index (χ4n) is 3.91. The monoisotopic (exact) mass is 489 g/mol. The normalized spacial score (nSPS) is 18.1. The van der Waals surface area contributed by atoms with Gasteiger partial charge < -0.3 is 9.47 Å². The van der Waals surface area contributed by atoms with Crippen LogP contribution in [0.4, 0.5) is 5.69 Å². The summed E-state index contributed by atoms with van der Waals surface area (Å²) in [4.78, 5) is 37.2. The molecular weight excluding hydrogens is 466 g/mol. The number of nitro benzene ring substituents is 1. The van der Waals surface area contributed by atoms with Gasteiger partial charge in [-0.3, -0.25) is 19.7 Å². The number of ketones is 2. The van der Waals surface area contributed by atoms with Crippen molar-refractivity contribution in [2.24, 2.45) is 0 Å². The van der Waals surface area contributed by atoms with Crippen LogP contribution in [0.5, 0.6) is 11.5 Å². The molecule has 2 aromatic carbocycles. The number of Topliss-reactive ketones (excluding diaryl/α,β-unsaturated/α-hetero) is 2. The Bertz CT molecular complexity index is 1050. The molecule has 164 valence electrons. The Morgan fingerprint density at radius 2 is 1.68 bits per heavy atom. The number of carbonyl (C=O) groups is 2. The van der Waals surface area contributed by atoms with Crippen LogP contribution in [0.1, 0.15) is 51.7 Å². The summed E-state index contributed by atoms with van der Waals surface area (Å²) in [5.74, 6) is -1.28. The van der Waals surface area contributed by atoms with Gasteiger partial charge in [0.2, 0.25) is 5.75 Å². The van der Waals surface area contributed by atoms with E-state index in [1.807, 2.05) is 6.92 Å². The van der Waals surface area contributed by atoms with E-state index >= 15 is 0 Å². The molecule has 8 heteroatoms. The molecule has 2 aromatic rings. The van der Waals surface area contributed by atoms with Gasteiger partial charge in [-0.1, -0.05) is 28.9 Å². The van der Waals surface area contributed by atoms with Gasteiger partial charge in [-0.05, 0) is 69.5 Å². The van der Waals surface area contributed by atoms with Crippen LogP contribution in [0.15, 0.2) is 40.9 Å². The summed E-state index contributed by atoms with van der Waals surface area (Å²) in [7, 11) is 0. The Balaban J connectivity index is 2.09. The number of nitrogens with zero attached hydrogens (tertiary/aromatic N) is 1. The number of ether oxygens (including phenoxy) is 2. The molecule has 1 aliphatic heterocycles. The number of halogens is 1. The maximum absolute atomic E-state index is 13.2. The van der Waals surface area contributed by atoms with Crippen LogP contribution in [-0.4, -0.2) is 27.7 Å². The van der Waals surface area contributed by atoms with Crippen molar-refractivity contribution >= 4 is 33.2 Å². The van der Waals surface area contributed by atoms with Crippen molar-refractivity contribution in [3.05, 3.63) is 62.1 Å². The predicted molar refractivity (Wildman–Crippen MR) is 119 cm³/mol. The highest BCUT2D eigenvalue weighted by atomic mass is 79.9. The molecule has 3 rings (SSSR count). The summed E-state index contributed by atoms with van der Waals surface area (Å²) in [6, 6.07) is 9.58. The first-order valence-electron chi connectivity index (χ1n) is 9.91. The van der Waals surface area contributed by atoms with E-state index in [1.165, 1.54) is 12.1 Å². The Labute approximate surface area is 189 Å². The SMILES string of the molecule is CCc1ccc(Oc2ccc(Br)cc2[N+](=O)[O-])cc1C1C(=O)C(C)(C)OC(C)(C)C1=O. The van der Waals surface area contributed by atoms with Gasteiger partial charge in [0.05, 0.1) is 4.92 Å². The Morgan fingerprint density at radius 1 is 1.06 bits per heavy atom. The molecule has 0 radical (unpaired) electrons. The number of rotatable bonds is 5. The number of aryl methyl sites for hydroxylation is 1. The van der Waals surface area contributed by atoms with E-state index in [2.05, 4.69) is 15.9 Å². The molecule has 0 atom stereocenters. The molecule has 0 aromatic heterocycles. The van der Waals surface area contributed by atoms with E-state index in [-0.39, 0.29) is 23.0 Å². The van der Waals surface area contributed by atoms with E-state index in [9.17, 15) is 19.7 Å².